The van der Waals surface area contributed by atoms with Gasteiger partial charge in [-0.25, -0.2) is 0 Å². The van der Waals surface area contributed by atoms with Gasteiger partial charge in [-0.2, -0.15) is 0 Å². The first-order chi connectivity index (χ1) is 10.6. The number of carbonyl (C=O) groups excluding carboxylic acids is 2. The molecule has 4 heteroatoms. The molecule has 0 aromatic heterocycles. The minimum atomic E-state index is -0.160. The van der Waals surface area contributed by atoms with Gasteiger partial charge in [-0.05, 0) is 38.2 Å². The van der Waals surface area contributed by atoms with Gasteiger partial charge in [0.25, 0.3) is 0 Å². The molecule has 1 aliphatic heterocycles. The third-order valence-electron chi connectivity index (χ3n) is 4.61. The number of likely N-dealkylation sites (tertiary alicyclic amines) is 1. The number of amides is 2. The summed E-state index contributed by atoms with van der Waals surface area (Å²) >= 11 is 0. The Morgan fingerprint density at radius 2 is 2.05 bits per heavy atom. The van der Waals surface area contributed by atoms with Crippen LogP contribution in [0.5, 0.6) is 0 Å². The second-order valence-electron chi connectivity index (χ2n) is 6.61. The molecule has 0 unspecified atom stereocenters. The van der Waals surface area contributed by atoms with Crippen LogP contribution < -0.4 is 5.32 Å². The molecule has 2 aliphatic rings. The molecule has 1 heterocycles. The quantitative estimate of drug-likeness (QED) is 0.875. The fourth-order valence-corrected chi connectivity index (χ4v) is 3.11. The smallest absolute Gasteiger partial charge is 0.225 e. The summed E-state index contributed by atoms with van der Waals surface area (Å²) in [6, 6.07) is 10.9. The van der Waals surface area contributed by atoms with E-state index in [4.69, 9.17) is 0 Å². The molecular formula is C18H24N2O2. The highest BCUT2D eigenvalue weighted by Crippen LogP contribution is 2.32. The minimum absolute atomic E-state index is 0.0389. The number of hydrogen-bond donors (Lipinski definition) is 1. The van der Waals surface area contributed by atoms with E-state index in [2.05, 4.69) is 17.4 Å². The van der Waals surface area contributed by atoms with Crippen LogP contribution in [0.4, 0.5) is 0 Å². The van der Waals surface area contributed by atoms with Crippen LogP contribution in [0.15, 0.2) is 30.3 Å². The summed E-state index contributed by atoms with van der Waals surface area (Å²) in [7, 11) is 0. The molecule has 2 amide bonds. The van der Waals surface area contributed by atoms with Crippen molar-refractivity contribution in [2.75, 3.05) is 6.54 Å². The van der Waals surface area contributed by atoms with Gasteiger partial charge in [-0.3, -0.25) is 9.59 Å². The van der Waals surface area contributed by atoms with Gasteiger partial charge in [0.15, 0.2) is 0 Å². The Morgan fingerprint density at radius 1 is 1.32 bits per heavy atom. The number of aryl methyl sites for hydroxylation is 1. The topological polar surface area (TPSA) is 49.4 Å². The van der Waals surface area contributed by atoms with Crippen molar-refractivity contribution in [2.45, 2.75) is 51.1 Å². The first kappa shape index (κ1) is 15.1. The van der Waals surface area contributed by atoms with E-state index in [0.29, 0.717) is 19.0 Å². The molecule has 4 nitrogen and oxygen atoms in total. The second kappa shape index (κ2) is 6.51. The predicted octanol–water partition coefficient (Wildman–Crippen LogP) is 2.13. The molecule has 0 spiro atoms. The predicted molar refractivity (Wildman–Crippen MR) is 85.2 cm³/mol. The molecule has 22 heavy (non-hydrogen) atoms. The number of carbonyl (C=O) groups is 2. The summed E-state index contributed by atoms with van der Waals surface area (Å²) in [5.41, 5.74) is 1.29. The molecule has 0 bridgehead atoms. The van der Waals surface area contributed by atoms with Crippen molar-refractivity contribution in [3.8, 4) is 0 Å². The standard InChI is InChI=1S/C18H24N2O2/c1-13(7-8-14-5-3-2-4-6-14)19-18(22)15-11-17(21)20(12-15)16-9-10-16/h2-6,13,15-16H,7-12H2,1H3,(H,19,22)/t13-,15-/m0/s1. The second-order valence-corrected chi connectivity index (χ2v) is 6.61. The zero-order valence-corrected chi connectivity index (χ0v) is 13.1. The van der Waals surface area contributed by atoms with E-state index in [9.17, 15) is 9.59 Å². The van der Waals surface area contributed by atoms with Gasteiger partial charge in [-0.1, -0.05) is 30.3 Å². The zero-order valence-electron chi connectivity index (χ0n) is 13.1. The van der Waals surface area contributed by atoms with Crippen molar-refractivity contribution in [3.05, 3.63) is 35.9 Å². The number of hydrogen-bond acceptors (Lipinski definition) is 2. The first-order valence-electron chi connectivity index (χ1n) is 8.27. The Labute approximate surface area is 131 Å². The lowest BCUT2D eigenvalue weighted by atomic mass is 10.0. The lowest BCUT2D eigenvalue weighted by molar-refractivity contribution is -0.129. The SMILES string of the molecule is C[C@@H](CCc1ccccc1)NC(=O)[C@H]1CC(=O)N(C2CC2)C1. The zero-order chi connectivity index (χ0) is 15.5. The van der Waals surface area contributed by atoms with Crippen LogP contribution in [0.1, 0.15) is 38.2 Å². The average Bonchev–Trinajstić information content (AvgIpc) is 3.28. The highest BCUT2D eigenvalue weighted by atomic mass is 16.2. The van der Waals surface area contributed by atoms with Crippen molar-refractivity contribution < 1.29 is 9.59 Å². The number of nitrogens with zero attached hydrogens (tertiary/aromatic N) is 1. The van der Waals surface area contributed by atoms with Crippen LogP contribution in [0.2, 0.25) is 0 Å². The molecule has 1 aliphatic carbocycles. The minimum Gasteiger partial charge on any atom is -0.353 e. The lowest BCUT2D eigenvalue weighted by Gasteiger charge is -2.18. The Hall–Kier alpha value is -1.84. The van der Waals surface area contributed by atoms with Gasteiger partial charge in [0.2, 0.25) is 11.8 Å². The van der Waals surface area contributed by atoms with Crippen LogP contribution in [0.3, 0.4) is 0 Å². The summed E-state index contributed by atoms with van der Waals surface area (Å²) in [6.07, 6.45) is 4.47. The Kier molecular flexibility index (Phi) is 4.46. The first-order valence-corrected chi connectivity index (χ1v) is 8.27. The van der Waals surface area contributed by atoms with Crippen molar-refractivity contribution >= 4 is 11.8 Å². The molecule has 1 N–H and O–H groups in total. The Bertz CT molecular complexity index is 539. The van der Waals surface area contributed by atoms with Crippen LogP contribution >= 0.6 is 0 Å². The fraction of sp³-hybridized carbons (Fsp3) is 0.556. The fourth-order valence-electron chi connectivity index (χ4n) is 3.11. The van der Waals surface area contributed by atoms with E-state index in [1.807, 2.05) is 30.0 Å². The Balaban J connectivity index is 1.44. The van der Waals surface area contributed by atoms with E-state index in [1.54, 1.807) is 0 Å². The molecule has 2 fully saturated rings. The maximum absolute atomic E-state index is 12.3. The third kappa shape index (κ3) is 3.67. The molecule has 1 aromatic rings. The molecule has 2 atom stereocenters. The summed E-state index contributed by atoms with van der Waals surface area (Å²) in [5.74, 6) is 0.0314. The summed E-state index contributed by atoms with van der Waals surface area (Å²) in [6.45, 7) is 2.65. The third-order valence-corrected chi connectivity index (χ3v) is 4.61. The molecule has 0 radical (unpaired) electrons. The molecule has 1 saturated heterocycles. The summed E-state index contributed by atoms with van der Waals surface area (Å²) in [4.78, 5) is 26.1. The van der Waals surface area contributed by atoms with Crippen LogP contribution in [0.25, 0.3) is 0 Å². The highest BCUT2D eigenvalue weighted by Gasteiger charge is 2.41. The van der Waals surface area contributed by atoms with E-state index < -0.39 is 0 Å². The largest absolute Gasteiger partial charge is 0.353 e. The molecular weight excluding hydrogens is 276 g/mol. The van der Waals surface area contributed by atoms with E-state index >= 15 is 0 Å². The van der Waals surface area contributed by atoms with Gasteiger partial charge in [0.05, 0.1) is 5.92 Å². The van der Waals surface area contributed by atoms with Crippen LogP contribution in [0, 0.1) is 5.92 Å². The van der Waals surface area contributed by atoms with Crippen LogP contribution in [-0.4, -0.2) is 35.3 Å². The van der Waals surface area contributed by atoms with E-state index in [1.165, 1.54) is 5.56 Å². The van der Waals surface area contributed by atoms with E-state index in [-0.39, 0.29) is 23.8 Å². The van der Waals surface area contributed by atoms with Gasteiger partial charge in [-0.15, -0.1) is 0 Å². The summed E-state index contributed by atoms with van der Waals surface area (Å²) in [5, 5.41) is 3.07. The average molecular weight is 300 g/mol. The highest BCUT2D eigenvalue weighted by molar-refractivity contribution is 5.89. The molecule has 1 aromatic carbocycles. The molecule has 1 saturated carbocycles. The molecule has 118 valence electrons. The van der Waals surface area contributed by atoms with Crippen molar-refractivity contribution in [1.29, 1.82) is 0 Å². The van der Waals surface area contributed by atoms with Gasteiger partial charge >= 0.3 is 0 Å². The van der Waals surface area contributed by atoms with Crippen molar-refractivity contribution in [2.24, 2.45) is 5.92 Å². The van der Waals surface area contributed by atoms with Crippen LogP contribution in [-0.2, 0) is 16.0 Å². The number of rotatable bonds is 6. The number of benzene rings is 1. The maximum atomic E-state index is 12.3. The lowest BCUT2D eigenvalue weighted by Crippen LogP contribution is -2.38. The van der Waals surface area contributed by atoms with E-state index in [0.717, 1.165) is 25.7 Å². The van der Waals surface area contributed by atoms with Gasteiger partial charge < -0.3 is 10.2 Å². The normalized spacial score (nSPS) is 22.7. The molecule has 3 rings (SSSR count). The van der Waals surface area contributed by atoms with Gasteiger partial charge in [0, 0.05) is 25.0 Å². The monoisotopic (exact) mass is 300 g/mol. The van der Waals surface area contributed by atoms with Crippen molar-refractivity contribution in [3.63, 3.8) is 0 Å². The maximum Gasteiger partial charge on any atom is 0.225 e. The van der Waals surface area contributed by atoms with Gasteiger partial charge in [0.1, 0.15) is 0 Å². The Morgan fingerprint density at radius 3 is 2.73 bits per heavy atom. The number of nitrogens with one attached hydrogen (secondary N) is 1. The van der Waals surface area contributed by atoms with Crippen molar-refractivity contribution in [1.82, 2.24) is 10.2 Å². The summed E-state index contributed by atoms with van der Waals surface area (Å²) < 4.78 is 0.